The number of alkyl halides is 1. The van der Waals surface area contributed by atoms with E-state index in [0.717, 1.165) is 11.3 Å². The number of aryl methyl sites for hydroxylation is 1. The van der Waals surface area contributed by atoms with Gasteiger partial charge in [0.1, 0.15) is 19.0 Å². The number of benzene rings is 1. The summed E-state index contributed by atoms with van der Waals surface area (Å²) >= 11 is 0. The second kappa shape index (κ2) is 11.3. The van der Waals surface area contributed by atoms with Crippen LogP contribution in [0, 0.1) is 6.92 Å². The normalized spacial score (nSPS) is 14.0. The van der Waals surface area contributed by atoms with Crippen LogP contribution < -0.4 is 15.4 Å². The molecule has 2 heterocycles. The molecule has 2 N–H and O–H groups in total. The molecule has 10 heteroatoms. The van der Waals surface area contributed by atoms with Crippen LogP contribution >= 0.6 is 0 Å². The number of para-hydroxylation sites is 1. The third-order valence-electron chi connectivity index (χ3n) is 5.04. The molecule has 1 fully saturated rings. The number of carbonyl (C=O) groups excluding carboxylic acids is 2. The standard InChI is InChI=1S/C22H28FN5O4/c1-16-6-7-18(14-24-16)25-21(29)26-19-5-3-4-17(20(19)32-13-8-23)15-27-9-11-28(12-10-27)22(30)31-2/h3-7,14H,8-13,15H2,1-2H3,(H2,25,26,29). The van der Waals surface area contributed by atoms with Crippen molar-refractivity contribution in [1.82, 2.24) is 14.8 Å². The van der Waals surface area contributed by atoms with Gasteiger partial charge in [-0.15, -0.1) is 0 Å². The zero-order chi connectivity index (χ0) is 22.9. The van der Waals surface area contributed by atoms with E-state index in [1.165, 1.54) is 7.11 Å². The maximum Gasteiger partial charge on any atom is 0.409 e. The Hall–Kier alpha value is -3.40. The highest BCUT2D eigenvalue weighted by Crippen LogP contribution is 2.31. The Morgan fingerprint density at radius 1 is 1.12 bits per heavy atom. The minimum atomic E-state index is -0.646. The summed E-state index contributed by atoms with van der Waals surface area (Å²) in [6.07, 6.45) is 1.23. The summed E-state index contributed by atoms with van der Waals surface area (Å²) in [4.78, 5) is 32.1. The lowest BCUT2D eigenvalue weighted by Gasteiger charge is -2.34. The number of urea groups is 1. The SMILES string of the molecule is COC(=O)N1CCN(Cc2cccc(NC(=O)Nc3ccc(C)nc3)c2OCCF)CC1. The van der Waals surface area contributed by atoms with Gasteiger partial charge in [0.25, 0.3) is 0 Å². The average Bonchev–Trinajstić information content (AvgIpc) is 2.80. The molecule has 0 radical (unpaired) electrons. The number of piperazine rings is 1. The van der Waals surface area contributed by atoms with E-state index in [9.17, 15) is 14.0 Å². The number of halogens is 1. The van der Waals surface area contributed by atoms with Crippen LogP contribution in [0.5, 0.6) is 5.75 Å². The molecule has 1 aliphatic heterocycles. The van der Waals surface area contributed by atoms with Crippen LogP contribution in [0.4, 0.5) is 25.4 Å². The van der Waals surface area contributed by atoms with Crippen LogP contribution in [0.25, 0.3) is 0 Å². The van der Waals surface area contributed by atoms with Crippen molar-refractivity contribution in [2.75, 3.05) is 57.2 Å². The fraction of sp³-hybridized carbons (Fsp3) is 0.409. The van der Waals surface area contributed by atoms with Crippen LogP contribution in [0.3, 0.4) is 0 Å². The van der Waals surface area contributed by atoms with Crippen molar-refractivity contribution in [3.63, 3.8) is 0 Å². The van der Waals surface area contributed by atoms with E-state index >= 15 is 0 Å². The van der Waals surface area contributed by atoms with Gasteiger partial charge in [-0.05, 0) is 25.1 Å². The van der Waals surface area contributed by atoms with E-state index < -0.39 is 12.7 Å². The van der Waals surface area contributed by atoms with Gasteiger partial charge in [-0.2, -0.15) is 0 Å². The van der Waals surface area contributed by atoms with Crippen molar-refractivity contribution in [3.05, 3.63) is 47.8 Å². The topological polar surface area (TPSA) is 96.0 Å². The van der Waals surface area contributed by atoms with Crippen LogP contribution in [0.1, 0.15) is 11.3 Å². The van der Waals surface area contributed by atoms with Crippen LogP contribution in [0.15, 0.2) is 36.5 Å². The summed E-state index contributed by atoms with van der Waals surface area (Å²) in [7, 11) is 1.37. The molecule has 2 aromatic rings. The van der Waals surface area contributed by atoms with Gasteiger partial charge in [0, 0.05) is 44.0 Å². The summed E-state index contributed by atoms with van der Waals surface area (Å²) in [5.41, 5.74) is 2.67. The Morgan fingerprint density at radius 3 is 2.56 bits per heavy atom. The zero-order valence-electron chi connectivity index (χ0n) is 18.3. The molecule has 1 aromatic carbocycles. The quantitative estimate of drug-likeness (QED) is 0.679. The number of rotatable bonds is 7. The highest BCUT2D eigenvalue weighted by Gasteiger charge is 2.23. The van der Waals surface area contributed by atoms with E-state index in [-0.39, 0.29) is 12.7 Å². The molecule has 0 spiro atoms. The number of nitrogens with zero attached hydrogens (tertiary/aromatic N) is 3. The van der Waals surface area contributed by atoms with Crippen molar-refractivity contribution < 1.29 is 23.5 Å². The summed E-state index contributed by atoms with van der Waals surface area (Å²) in [6, 6.07) is 8.50. The number of hydrogen-bond donors (Lipinski definition) is 2. The highest BCUT2D eigenvalue weighted by molar-refractivity contribution is 6.00. The van der Waals surface area contributed by atoms with Crippen molar-refractivity contribution in [3.8, 4) is 5.75 Å². The number of methoxy groups -OCH3 is 1. The van der Waals surface area contributed by atoms with Crippen molar-refractivity contribution in [2.45, 2.75) is 13.5 Å². The molecule has 1 aliphatic rings. The molecule has 172 valence electrons. The molecular weight excluding hydrogens is 417 g/mol. The Kier molecular flexibility index (Phi) is 8.20. The lowest BCUT2D eigenvalue weighted by atomic mass is 10.1. The van der Waals surface area contributed by atoms with Crippen LogP contribution in [0.2, 0.25) is 0 Å². The molecule has 32 heavy (non-hydrogen) atoms. The van der Waals surface area contributed by atoms with Gasteiger partial charge in [-0.25, -0.2) is 14.0 Å². The van der Waals surface area contributed by atoms with Crippen LogP contribution in [-0.4, -0.2) is 73.5 Å². The molecule has 1 saturated heterocycles. The van der Waals surface area contributed by atoms with Gasteiger partial charge in [0.2, 0.25) is 0 Å². The maximum atomic E-state index is 12.8. The second-order valence-electron chi connectivity index (χ2n) is 7.33. The molecule has 0 unspecified atom stereocenters. The van der Waals surface area contributed by atoms with E-state index in [4.69, 9.17) is 9.47 Å². The number of amides is 3. The van der Waals surface area contributed by atoms with Crippen molar-refractivity contribution in [1.29, 1.82) is 0 Å². The Bertz CT molecular complexity index is 917. The summed E-state index contributed by atoms with van der Waals surface area (Å²) in [6.45, 7) is 4.07. The minimum Gasteiger partial charge on any atom is -0.488 e. The average molecular weight is 445 g/mol. The molecule has 9 nitrogen and oxygen atoms in total. The van der Waals surface area contributed by atoms with E-state index in [1.54, 1.807) is 29.3 Å². The van der Waals surface area contributed by atoms with E-state index in [0.29, 0.717) is 49.8 Å². The Morgan fingerprint density at radius 2 is 1.91 bits per heavy atom. The Labute approximate surface area is 186 Å². The third-order valence-corrected chi connectivity index (χ3v) is 5.04. The van der Waals surface area contributed by atoms with Gasteiger partial charge < -0.3 is 25.0 Å². The van der Waals surface area contributed by atoms with Crippen molar-refractivity contribution >= 4 is 23.5 Å². The predicted molar refractivity (Wildman–Crippen MR) is 119 cm³/mol. The second-order valence-corrected chi connectivity index (χ2v) is 7.33. The fourth-order valence-electron chi connectivity index (χ4n) is 3.40. The van der Waals surface area contributed by atoms with Gasteiger partial charge >= 0.3 is 12.1 Å². The first kappa shape index (κ1) is 23.3. The third kappa shape index (κ3) is 6.30. The van der Waals surface area contributed by atoms with Crippen molar-refractivity contribution in [2.24, 2.45) is 0 Å². The van der Waals surface area contributed by atoms with Gasteiger partial charge in [-0.3, -0.25) is 9.88 Å². The molecular formula is C22H28FN5O4. The molecule has 0 bridgehead atoms. The molecule has 1 aromatic heterocycles. The summed E-state index contributed by atoms with van der Waals surface area (Å²) < 4.78 is 23.3. The van der Waals surface area contributed by atoms with Gasteiger partial charge in [0.05, 0.1) is 24.7 Å². The highest BCUT2D eigenvalue weighted by atomic mass is 19.1. The largest absolute Gasteiger partial charge is 0.488 e. The van der Waals surface area contributed by atoms with Gasteiger partial charge in [-0.1, -0.05) is 12.1 Å². The maximum absolute atomic E-state index is 12.8. The molecule has 3 amide bonds. The number of nitrogens with one attached hydrogen (secondary N) is 2. The smallest absolute Gasteiger partial charge is 0.409 e. The lowest BCUT2D eigenvalue weighted by molar-refractivity contribution is 0.0885. The molecule has 0 saturated carbocycles. The number of hydrogen-bond acceptors (Lipinski definition) is 6. The van der Waals surface area contributed by atoms with Crippen LogP contribution in [-0.2, 0) is 11.3 Å². The first-order chi connectivity index (χ1) is 15.5. The monoisotopic (exact) mass is 445 g/mol. The summed E-state index contributed by atoms with van der Waals surface area (Å²) in [5, 5.41) is 5.50. The van der Waals surface area contributed by atoms with Gasteiger partial charge in [0.15, 0.2) is 0 Å². The molecule has 0 aliphatic carbocycles. The number of carbonyl (C=O) groups is 2. The number of ether oxygens (including phenoxy) is 2. The molecule has 3 rings (SSSR count). The lowest BCUT2D eigenvalue weighted by Crippen LogP contribution is -2.48. The van der Waals surface area contributed by atoms with E-state index in [1.807, 2.05) is 19.1 Å². The first-order valence-corrected chi connectivity index (χ1v) is 10.4. The first-order valence-electron chi connectivity index (χ1n) is 10.4. The number of aromatic nitrogens is 1. The van der Waals surface area contributed by atoms with E-state index in [2.05, 4.69) is 20.5 Å². The minimum absolute atomic E-state index is 0.120. The molecule has 0 atom stereocenters. The summed E-state index contributed by atoms with van der Waals surface area (Å²) in [5.74, 6) is 0.428. The predicted octanol–water partition coefficient (Wildman–Crippen LogP) is 3.27. The fourth-order valence-corrected chi connectivity index (χ4v) is 3.40. The Balaban J connectivity index is 1.69. The number of anilines is 2. The number of pyridine rings is 1. The zero-order valence-corrected chi connectivity index (χ0v) is 18.3.